The summed E-state index contributed by atoms with van der Waals surface area (Å²) in [6.07, 6.45) is 0. The van der Waals surface area contributed by atoms with Crippen molar-refractivity contribution >= 4 is 22.4 Å². The van der Waals surface area contributed by atoms with E-state index in [1.54, 1.807) is 0 Å². The van der Waals surface area contributed by atoms with Crippen LogP contribution >= 0.6 is 0 Å². The normalized spacial score (nSPS) is 10.8. The van der Waals surface area contributed by atoms with Gasteiger partial charge in [-0.25, -0.2) is 0 Å². The van der Waals surface area contributed by atoms with Crippen LogP contribution in [0.5, 0.6) is 0 Å². The highest BCUT2D eigenvalue weighted by molar-refractivity contribution is 5.94. The number of nitrogens with one attached hydrogen (secondary N) is 1. The molecular formula is C20H17N5O. The van der Waals surface area contributed by atoms with Gasteiger partial charge in [0.25, 0.3) is 0 Å². The first-order valence-corrected chi connectivity index (χ1v) is 8.31. The fraction of sp³-hybridized carbons (Fsp3) is 0.100. The highest BCUT2D eigenvalue weighted by Gasteiger charge is 2.11. The van der Waals surface area contributed by atoms with Crippen LogP contribution in [0.25, 0.3) is 22.2 Å². The maximum Gasteiger partial charge on any atom is 0.248 e. The third-order valence-electron chi connectivity index (χ3n) is 4.16. The molecule has 4 aromatic rings. The Morgan fingerprint density at radius 1 is 1.00 bits per heavy atom. The van der Waals surface area contributed by atoms with Crippen LogP contribution in [0.4, 0.5) is 5.69 Å². The minimum atomic E-state index is -0.200. The van der Waals surface area contributed by atoms with Crippen molar-refractivity contribution < 1.29 is 4.79 Å². The molecule has 128 valence electrons. The minimum Gasteiger partial charge on any atom is -0.324 e. The van der Waals surface area contributed by atoms with Crippen molar-refractivity contribution in [3.05, 3.63) is 72.3 Å². The number of carbonyl (C=O) groups is 1. The van der Waals surface area contributed by atoms with E-state index in [0.29, 0.717) is 5.82 Å². The Labute approximate surface area is 150 Å². The van der Waals surface area contributed by atoms with E-state index in [9.17, 15) is 4.79 Å². The Hall–Kier alpha value is -3.54. The fourth-order valence-corrected chi connectivity index (χ4v) is 2.84. The second-order valence-corrected chi connectivity index (χ2v) is 6.07. The quantitative estimate of drug-likeness (QED) is 0.616. The lowest BCUT2D eigenvalue weighted by Crippen LogP contribution is -2.20. The number of rotatable bonds is 4. The first-order valence-electron chi connectivity index (χ1n) is 8.31. The molecule has 0 unspecified atom stereocenters. The summed E-state index contributed by atoms with van der Waals surface area (Å²) in [5, 5.41) is 17.4. The number of fused-ring (bicyclic) bond motifs is 1. The van der Waals surface area contributed by atoms with Crippen LogP contribution in [0.2, 0.25) is 0 Å². The first-order chi connectivity index (χ1) is 12.7. The largest absolute Gasteiger partial charge is 0.324 e. The van der Waals surface area contributed by atoms with Gasteiger partial charge in [-0.3, -0.25) is 4.79 Å². The Bertz CT molecular complexity index is 1090. The van der Waals surface area contributed by atoms with Crippen LogP contribution in [0.3, 0.4) is 0 Å². The van der Waals surface area contributed by atoms with E-state index in [-0.39, 0.29) is 12.5 Å². The van der Waals surface area contributed by atoms with Crippen LogP contribution in [-0.4, -0.2) is 26.1 Å². The number of amides is 1. The van der Waals surface area contributed by atoms with Gasteiger partial charge in [0, 0.05) is 11.3 Å². The molecule has 4 rings (SSSR count). The third-order valence-corrected chi connectivity index (χ3v) is 4.16. The van der Waals surface area contributed by atoms with Gasteiger partial charge in [0.1, 0.15) is 6.54 Å². The molecule has 3 aromatic carbocycles. The summed E-state index contributed by atoms with van der Waals surface area (Å²) in [5.74, 6) is 0.315. The molecule has 1 amide bonds. The lowest BCUT2D eigenvalue weighted by atomic mass is 10.1. The molecule has 0 aliphatic heterocycles. The van der Waals surface area contributed by atoms with Gasteiger partial charge in [-0.1, -0.05) is 54.6 Å². The number of hydrogen-bond acceptors (Lipinski definition) is 4. The van der Waals surface area contributed by atoms with Crippen LogP contribution < -0.4 is 5.32 Å². The highest BCUT2D eigenvalue weighted by Crippen LogP contribution is 2.19. The third kappa shape index (κ3) is 3.30. The summed E-state index contributed by atoms with van der Waals surface area (Å²) in [6.45, 7) is 1.99. The number of aromatic nitrogens is 4. The number of tetrazole rings is 1. The van der Waals surface area contributed by atoms with Gasteiger partial charge in [-0.15, -0.1) is 10.2 Å². The van der Waals surface area contributed by atoms with Crippen molar-refractivity contribution in [1.82, 2.24) is 20.2 Å². The van der Waals surface area contributed by atoms with Crippen molar-refractivity contribution in [2.45, 2.75) is 13.5 Å². The zero-order chi connectivity index (χ0) is 17.9. The lowest BCUT2D eigenvalue weighted by Gasteiger charge is -2.06. The minimum absolute atomic E-state index is 0.00566. The van der Waals surface area contributed by atoms with E-state index in [0.717, 1.165) is 27.6 Å². The topological polar surface area (TPSA) is 72.7 Å². The predicted octanol–water partition coefficient (Wildman–Crippen LogP) is 3.44. The Kier molecular flexibility index (Phi) is 4.15. The fourth-order valence-electron chi connectivity index (χ4n) is 2.84. The van der Waals surface area contributed by atoms with Crippen molar-refractivity contribution in [3.8, 4) is 11.4 Å². The second-order valence-electron chi connectivity index (χ2n) is 6.07. The second kappa shape index (κ2) is 6.76. The molecule has 0 aliphatic rings. The van der Waals surface area contributed by atoms with Crippen molar-refractivity contribution in [2.75, 3.05) is 5.32 Å². The molecule has 6 nitrogen and oxygen atoms in total. The molecule has 0 bridgehead atoms. The molecule has 0 spiro atoms. The van der Waals surface area contributed by atoms with Crippen molar-refractivity contribution in [1.29, 1.82) is 0 Å². The number of carbonyl (C=O) groups excluding carboxylic acids is 1. The van der Waals surface area contributed by atoms with Gasteiger partial charge in [-0.2, -0.15) is 4.80 Å². The zero-order valence-corrected chi connectivity index (χ0v) is 14.3. The molecule has 0 fully saturated rings. The molecule has 26 heavy (non-hydrogen) atoms. The molecular weight excluding hydrogens is 326 g/mol. The van der Waals surface area contributed by atoms with E-state index in [1.165, 1.54) is 4.80 Å². The average molecular weight is 343 g/mol. The summed E-state index contributed by atoms with van der Waals surface area (Å²) in [5.41, 5.74) is 2.72. The summed E-state index contributed by atoms with van der Waals surface area (Å²) in [4.78, 5) is 13.6. The number of nitrogens with zero attached hydrogens (tertiary/aromatic N) is 4. The first kappa shape index (κ1) is 16.0. The van der Waals surface area contributed by atoms with Gasteiger partial charge in [-0.05, 0) is 40.6 Å². The van der Waals surface area contributed by atoms with Crippen molar-refractivity contribution in [3.63, 3.8) is 0 Å². The van der Waals surface area contributed by atoms with Gasteiger partial charge < -0.3 is 5.32 Å². The summed E-state index contributed by atoms with van der Waals surface area (Å²) >= 11 is 0. The summed E-state index contributed by atoms with van der Waals surface area (Å²) in [7, 11) is 0. The average Bonchev–Trinajstić information content (AvgIpc) is 3.10. The molecule has 1 aromatic heterocycles. The van der Waals surface area contributed by atoms with Crippen LogP contribution in [0.15, 0.2) is 66.7 Å². The van der Waals surface area contributed by atoms with E-state index < -0.39 is 0 Å². The SMILES string of the molecule is Cc1ccccc1-c1nnn(CC(=O)Nc2ccc3ccccc3c2)n1. The summed E-state index contributed by atoms with van der Waals surface area (Å²) in [6, 6.07) is 21.6. The van der Waals surface area contributed by atoms with Crippen LogP contribution in [0, 0.1) is 6.92 Å². The van der Waals surface area contributed by atoms with E-state index >= 15 is 0 Å². The van der Waals surface area contributed by atoms with Crippen LogP contribution in [-0.2, 0) is 11.3 Å². The standard InChI is InChI=1S/C20H17N5O/c1-14-6-2-5-9-18(14)20-22-24-25(23-20)13-19(26)21-17-11-10-15-7-3-4-8-16(15)12-17/h2-12H,13H2,1H3,(H,21,26). The smallest absolute Gasteiger partial charge is 0.248 e. The number of anilines is 1. The van der Waals surface area contributed by atoms with Gasteiger partial charge in [0.2, 0.25) is 11.7 Å². The number of hydrogen-bond donors (Lipinski definition) is 1. The maximum absolute atomic E-state index is 12.3. The Balaban J connectivity index is 1.47. The molecule has 0 atom stereocenters. The van der Waals surface area contributed by atoms with Crippen LogP contribution in [0.1, 0.15) is 5.56 Å². The van der Waals surface area contributed by atoms with E-state index in [1.807, 2.05) is 73.7 Å². The van der Waals surface area contributed by atoms with Gasteiger partial charge >= 0.3 is 0 Å². The zero-order valence-electron chi connectivity index (χ0n) is 14.3. The Morgan fingerprint density at radius 2 is 1.77 bits per heavy atom. The Morgan fingerprint density at radius 3 is 2.62 bits per heavy atom. The molecule has 6 heteroatoms. The molecule has 0 saturated heterocycles. The predicted molar refractivity (Wildman–Crippen MR) is 101 cm³/mol. The van der Waals surface area contributed by atoms with Gasteiger partial charge in [0.15, 0.2) is 0 Å². The lowest BCUT2D eigenvalue weighted by molar-refractivity contribution is -0.117. The maximum atomic E-state index is 12.3. The van der Waals surface area contributed by atoms with E-state index in [2.05, 4.69) is 20.7 Å². The summed E-state index contributed by atoms with van der Waals surface area (Å²) < 4.78 is 0. The number of aryl methyl sites for hydroxylation is 1. The molecule has 0 aliphatic carbocycles. The van der Waals surface area contributed by atoms with Crippen molar-refractivity contribution in [2.24, 2.45) is 0 Å². The van der Waals surface area contributed by atoms with E-state index in [4.69, 9.17) is 0 Å². The molecule has 1 N–H and O–H groups in total. The number of benzene rings is 3. The highest BCUT2D eigenvalue weighted by atomic mass is 16.2. The monoisotopic (exact) mass is 343 g/mol. The molecule has 0 saturated carbocycles. The molecule has 1 heterocycles. The van der Waals surface area contributed by atoms with Gasteiger partial charge in [0.05, 0.1) is 0 Å². The molecule has 0 radical (unpaired) electrons.